The Balaban J connectivity index is -0.000000480. The van der Waals surface area contributed by atoms with E-state index >= 15 is 0 Å². The van der Waals surface area contributed by atoms with Crippen molar-refractivity contribution in [2.24, 2.45) is 5.92 Å². The minimum atomic E-state index is 0. The summed E-state index contributed by atoms with van der Waals surface area (Å²) in [6.07, 6.45) is 4.72. The van der Waals surface area contributed by atoms with Gasteiger partial charge in [0.2, 0.25) is 0 Å². The fraction of sp³-hybridized carbons (Fsp3) is 1.00. The van der Waals surface area contributed by atoms with Crippen molar-refractivity contribution in [1.29, 1.82) is 0 Å². The molecule has 0 amide bonds. The number of rotatable bonds is 4. The molecule has 2 nitrogen and oxygen atoms in total. The maximum absolute atomic E-state index is 5.44. The molecule has 1 heterocycles. The molecule has 0 N–H and O–H groups in total. The topological polar surface area (TPSA) is 18.5 Å². The standard InChI is InChI=1S/C10H20O2.2BrH.Mg/c1-9(2)5-3-6-10-11-7-4-8-12-10;;;/h9-10H,3-8H2,1-2H3;2*1H;/q;;;+2/p-2. The summed E-state index contributed by atoms with van der Waals surface area (Å²) in [5.41, 5.74) is 0. The Kier molecular flexibility index (Phi) is 20.0. The normalized spacial score (nSPS) is 16.2. The van der Waals surface area contributed by atoms with Gasteiger partial charge in [-0.25, -0.2) is 0 Å². The Bertz CT molecular complexity index is 120. The molecular formula is C10H20Br2MgO2. The fourth-order valence-electron chi connectivity index (χ4n) is 1.40. The smallest absolute Gasteiger partial charge is 1.00 e. The predicted octanol–water partition coefficient (Wildman–Crippen LogP) is -3.80. The SMILES string of the molecule is CC(C)CCCC1OCCCO1.[Br-].[Br-].[Mg+2]. The van der Waals surface area contributed by atoms with Gasteiger partial charge in [-0.2, -0.15) is 0 Å². The summed E-state index contributed by atoms with van der Waals surface area (Å²) in [7, 11) is 0. The molecule has 0 atom stereocenters. The molecule has 1 fully saturated rings. The third-order valence-electron chi connectivity index (χ3n) is 2.12. The van der Waals surface area contributed by atoms with Crippen LogP contribution in [-0.2, 0) is 9.47 Å². The van der Waals surface area contributed by atoms with E-state index in [1.54, 1.807) is 0 Å². The van der Waals surface area contributed by atoms with Gasteiger partial charge in [-0.3, -0.25) is 0 Å². The van der Waals surface area contributed by atoms with Crippen molar-refractivity contribution in [1.82, 2.24) is 0 Å². The molecule has 1 aliphatic heterocycles. The van der Waals surface area contributed by atoms with Crippen LogP contribution >= 0.6 is 0 Å². The van der Waals surface area contributed by atoms with Crippen LogP contribution in [0.3, 0.4) is 0 Å². The third-order valence-corrected chi connectivity index (χ3v) is 2.12. The van der Waals surface area contributed by atoms with Crippen LogP contribution in [0, 0.1) is 5.92 Å². The zero-order valence-corrected chi connectivity index (χ0v) is 14.3. The molecule has 0 aliphatic carbocycles. The van der Waals surface area contributed by atoms with Crippen LogP contribution in [0.15, 0.2) is 0 Å². The molecule has 0 aromatic carbocycles. The monoisotopic (exact) mass is 354 g/mol. The molecule has 88 valence electrons. The summed E-state index contributed by atoms with van der Waals surface area (Å²) >= 11 is 0. The Morgan fingerprint density at radius 3 is 2.13 bits per heavy atom. The minimum absolute atomic E-state index is 0. The van der Waals surface area contributed by atoms with E-state index in [0.717, 1.165) is 32.0 Å². The zero-order valence-electron chi connectivity index (χ0n) is 9.68. The average molecular weight is 356 g/mol. The van der Waals surface area contributed by atoms with Gasteiger partial charge >= 0.3 is 23.1 Å². The second-order valence-electron chi connectivity index (χ2n) is 3.85. The van der Waals surface area contributed by atoms with Gasteiger partial charge in [-0.15, -0.1) is 0 Å². The molecule has 1 rings (SSSR count). The molecule has 15 heavy (non-hydrogen) atoms. The van der Waals surface area contributed by atoms with Gasteiger partial charge in [0.25, 0.3) is 0 Å². The number of hydrogen-bond acceptors (Lipinski definition) is 2. The molecule has 0 spiro atoms. The van der Waals surface area contributed by atoms with Crippen LogP contribution in [0.1, 0.15) is 39.5 Å². The van der Waals surface area contributed by atoms with E-state index in [4.69, 9.17) is 9.47 Å². The first-order chi connectivity index (χ1) is 5.79. The van der Waals surface area contributed by atoms with Crippen molar-refractivity contribution in [2.75, 3.05) is 13.2 Å². The van der Waals surface area contributed by atoms with Crippen molar-refractivity contribution in [3.63, 3.8) is 0 Å². The molecule has 5 heteroatoms. The summed E-state index contributed by atoms with van der Waals surface area (Å²) in [5.74, 6) is 0.800. The Labute approximate surface area is 131 Å². The summed E-state index contributed by atoms with van der Waals surface area (Å²) in [6, 6.07) is 0. The zero-order chi connectivity index (χ0) is 8.81. The van der Waals surface area contributed by atoms with E-state index in [1.807, 2.05) is 0 Å². The van der Waals surface area contributed by atoms with E-state index < -0.39 is 0 Å². The van der Waals surface area contributed by atoms with Gasteiger partial charge in [-0.05, 0) is 25.2 Å². The van der Waals surface area contributed by atoms with E-state index in [2.05, 4.69) is 13.8 Å². The quantitative estimate of drug-likeness (QED) is 0.481. The molecule has 0 saturated carbocycles. The van der Waals surface area contributed by atoms with Crippen molar-refractivity contribution >= 4 is 23.1 Å². The van der Waals surface area contributed by atoms with Crippen LogP contribution in [0.25, 0.3) is 0 Å². The van der Waals surface area contributed by atoms with E-state index in [1.165, 1.54) is 12.8 Å². The molecule has 1 saturated heterocycles. The second kappa shape index (κ2) is 13.7. The molecule has 0 radical (unpaired) electrons. The van der Waals surface area contributed by atoms with Crippen LogP contribution in [0.4, 0.5) is 0 Å². The minimum Gasteiger partial charge on any atom is -1.00 e. The van der Waals surface area contributed by atoms with Crippen LogP contribution in [-0.4, -0.2) is 42.6 Å². The van der Waals surface area contributed by atoms with Gasteiger partial charge in [0.15, 0.2) is 6.29 Å². The van der Waals surface area contributed by atoms with Crippen molar-refractivity contribution in [3.05, 3.63) is 0 Å². The molecule has 0 unspecified atom stereocenters. The molecular weight excluding hydrogens is 336 g/mol. The van der Waals surface area contributed by atoms with Crippen molar-refractivity contribution in [3.8, 4) is 0 Å². The first-order valence-corrected chi connectivity index (χ1v) is 5.02. The molecule has 1 aliphatic rings. The largest absolute Gasteiger partial charge is 2.00 e. The number of halogens is 2. The third kappa shape index (κ3) is 11.9. The van der Waals surface area contributed by atoms with Gasteiger partial charge in [0, 0.05) is 0 Å². The van der Waals surface area contributed by atoms with Gasteiger partial charge in [0.05, 0.1) is 13.2 Å². The fourth-order valence-corrected chi connectivity index (χ4v) is 1.40. The Morgan fingerprint density at radius 2 is 1.67 bits per heavy atom. The Morgan fingerprint density at radius 1 is 1.13 bits per heavy atom. The van der Waals surface area contributed by atoms with Crippen molar-refractivity contribution in [2.45, 2.75) is 45.8 Å². The average Bonchev–Trinajstić information content (AvgIpc) is 2.05. The van der Waals surface area contributed by atoms with Gasteiger partial charge in [0.1, 0.15) is 0 Å². The Hall–Kier alpha value is 1.65. The molecule has 0 aromatic heterocycles. The second-order valence-corrected chi connectivity index (χ2v) is 3.85. The van der Waals surface area contributed by atoms with Gasteiger partial charge in [-0.1, -0.05) is 20.3 Å². The number of hydrogen-bond donors (Lipinski definition) is 0. The summed E-state index contributed by atoms with van der Waals surface area (Å²) in [6.45, 7) is 6.27. The first-order valence-electron chi connectivity index (χ1n) is 5.02. The van der Waals surface area contributed by atoms with Gasteiger partial charge < -0.3 is 43.4 Å². The molecule has 0 bridgehead atoms. The van der Waals surface area contributed by atoms with E-state index in [-0.39, 0.29) is 63.3 Å². The van der Waals surface area contributed by atoms with Crippen LogP contribution in [0.5, 0.6) is 0 Å². The number of ether oxygens (including phenoxy) is 2. The maximum Gasteiger partial charge on any atom is 2.00 e. The first kappa shape index (κ1) is 21.9. The van der Waals surface area contributed by atoms with Crippen LogP contribution < -0.4 is 34.0 Å². The van der Waals surface area contributed by atoms with Crippen LogP contribution in [0.2, 0.25) is 0 Å². The summed E-state index contributed by atoms with van der Waals surface area (Å²) in [4.78, 5) is 0. The summed E-state index contributed by atoms with van der Waals surface area (Å²) < 4.78 is 10.9. The maximum atomic E-state index is 5.44. The predicted molar refractivity (Wildman–Crippen MR) is 54.8 cm³/mol. The van der Waals surface area contributed by atoms with Crippen molar-refractivity contribution < 1.29 is 43.4 Å². The molecule has 0 aromatic rings. The summed E-state index contributed by atoms with van der Waals surface area (Å²) in [5, 5.41) is 0. The van der Waals surface area contributed by atoms with E-state index in [9.17, 15) is 0 Å². The van der Waals surface area contributed by atoms with E-state index in [0.29, 0.717) is 0 Å².